The first-order valence-electron chi connectivity index (χ1n) is 7.54. The molecule has 0 aliphatic rings. The number of amides is 1. The van der Waals surface area contributed by atoms with Crippen LogP contribution in [0.1, 0.15) is 57.1 Å². The molecule has 0 saturated carbocycles. The molecule has 2 nitrogen and oxygen atoms in total. The molecule has 1 aromatic rings. The second-order valence-corrected chi connectivity index (χ2v) is 5.04. The van der Waals surface area contributed by atoms with Crippen LogP contribution in [0.25, 0.3) is 0 Å². The number of unbranched alkanes of at least 4 members (excludes halogenated alkanes) is 3. The highest BCUT2D eigenvalue weighted by Gasteiger charge is 1.94. The van der Waals surface area contributed by atoms with Gasteiger partial charge in [0, 0.05) is 25.5 Å². The molecule has 1 N–H and O–H groups in total. The highest BCUT2D eigenvalue weighted by molar-refractivity contribution is 5.72. The maximum Gasteiger partial charge on any atom is 0.216 e. The Bertz CT molecular complexity index is 451. The molecule has 0 fully saturated rings. The van der Waals surface area contributed by atoms with Crippen LogP contribution < -0.4 is 5.32 Å². The molecule has 1 rings (SSSR count). The van der Waals surface area contributed by atoms with E-state index in [4.69, 9.17) is 0 Å². The fourth-order valence-corrected chi connectivity index (χ4v) is 1.98. The molecular weight excluding hydrogens is 246 g/mol. The van der Waals surface area contributed by atoms with Crippen molar-refractivity contribution in [1.82, 2.24) is 5.32 Å². The molecule has 0 heterocycles. The Hall–Kier alpha value is -1.75. The Morgan fingerprint density at radius 2 is 1.90 bits per heavy atom. The van der Waals surface area contributed by atoms with E-state index in [9.17, 15) is 4.79 Å². The SMILES string of the molecule is CCCCCCc1ccc(C#CCCNC(C)=O)cc1. The lowest BCUT2D eigenvalue weighted by atomic mass is 10.0. The summed E-state index contributed by atoms with van der Waals surface area (Å²) in [4.78, 5) is 10.7. The predicted molar refractivity (Wildman–Crippen MR) is 84.5 cm³/mol. The first-order valence-corrected chi connectivity index (χ1v) is 7.54. The van der Waals surface area contributed by atoms with Crippen molar-refractivity contribution in [3.63, 3.8) is 0 Å². The van der Waals surface area contributed by atoms with Crippen LogP contribution in [-0.2, 0) is 11.2 Å². The fraction of sp³-hybridized carbons (Fsp3) is 0.500. The summed E-state index contributed by atoms with van der Waals surface area (Å²) in [5, 5.41) is 2.73. The van der Waals surface area contributed by atoms with Crippen molar-refractivity contribution in [3.8, 4) is 11.8 Å². The molecule has 1 aromatic carbocycles. The van der Waals surface area contributed by atoms with Crippen LogP contribution in [0.3, 0.4) is 0 Å². The number of carbonyl (C=O) groups excluding carboxylic acids is 1. The third-order valence-electron chi connectivity index (χ3n) is 3.13. The van der Waals surface area contributed by atoms with E-state index in [0.717, 1.165) is 12.0 Å². The molecular formula is C18H25NO. The van der Waals surface area contributed by atoms with Gasteiger partial charge in [-0.05, 0) is 30.5 Å². The van der Waals surface area contributed by atoms with E-state index < -0.39 is 0 Å². The standard InChI is InChI=1S/C18H25NO/c1-3-4-5-6-9-17-11-13-18(14-12-17)10-7-8-15-19-16(2)20/h11-14H,3-6,8-9,15H2,1-2H3,(H,19,20). The summed E-state index contributed by atoms with van der Waals surface area (Å²) in [6, 6.07) is 8.51. The molecule has 108 valence electrons. The minimum Gasteiger partial charge on any atom is -0.355 e. The predicted octanol–water partition coefficient (Wildman–Crippen LogP) is 3.69. The summed E-state index contributed by atoms with van der Waals surface area (Å²) in [5.41, 5.74) is 2.44. The van der Waals surface area contributed by atoms with Crippen molar-refractivity contribution in [2.24, 2.45) is 0 Å². The van der Waals surface area contributed by atoms with E-state index in [-0.39, 0.29) is 5.91 Å². The van der Waals surface area contributed by atoms with Gasteiger partial charge in [0.15, 0.2) is 0 Å². The minimum absolute atomic E-state index is 0.000717. The van der Waals surface area contributed by atoms with E-state index in [2.05, 4.69) is 48.3 Å². The van der Waals surface area contributed by atoms with Crippen molar-refractivity contribution in [2.45, 2.75) is 52.4 Å². The summed E-state index contributed by atoms with van der Waals surface area (Å²) in [6.07, 6.45) is 7.07. The summed E-state index contributed by atoms with van der Waals surface area (Å²) < 4.78 is 0. The second kappa shape index (κ2) is 10.1. The van der Waals surface area contributed by atoms with Crippen molar-refractivity contribution >= 4 is 5.91 Å². The molecule has 0 unspecified atom stereocenters. The van der Waals surface area contributed by atoms with Crippen LogP contribution in [0, 0.1) is 11.8 Å². The first-order chi connectivity index (χ1) is 9.72. The van der Waals surface area contributed by atoms with Gasteiger partial charge in [0.05, 0.1) is 0 Å². The van der Waals surface area contributed by atoms with E-state index in [1.165, 1.54) is 38.2 Å². The minimum atomic E-state index is -0.000717. The molecule has 2 heteroatoms. The molecule has 0 spiro atoms. The third kappa shape index (κ3) is 7.63. The molecule has 0 saturated heterocycles. The molecule has 0 bridgehead atoms. The summed E-state index contributed by atoms with van der Waals surface area (Å²) in [6.45, 7) is 4.38. The lowest BCUT2D eigenvalue weighted by Gasteiger charge is -2.01. The Morgan fingerprint density at radius 1 is 1.15 bits per heavy atom. The van der Waals surface area contributed by atoms with Gasteiger partial charge in [-0.3, -0.25) is 4.79 Å². The van der Waals surface area contributed by atoms with Gasteiger partial charge < -0.3 is 5.32 Å². The van der Waals surface area contributed by atoms with E-state index in [1.807, 2.05) is 0 Å². The number of nitrogens with one attached hydrogen (secondary N) is 1. The van der Waals surface area contributed by atoms with Crippen molar-refractivity contribution in [2.75, 3.05) is 6.54 Å². The van der Waals surface area contributed by atoms with Crippen molar-refractivity contribution in [3.05, 3.63) is 35.4 Å². The van der Waals surface area contributed by atoms with Gasteiger partial charge in [-0.2, -0.15) is 0 Å². The molecule has 0 atom stereocenters. The topological polar surface area (TPSA) is 29.1 Å². The quantitative estimate of drug-likeness (QED) is 0.595. The number of hydrogen-bond donors (Lipinski definition) is 1. The third-order valence-corrected chi connectivity index (χ3v) is 3.13. The van der Waals surface area contributed by atoms with Crippen LogP contribution >= 0.6 is 0 Å². The Labute approximate surface area is 123 Å². The summed E-state index contributed by atoms with van der Waals surface area (Å²) in [5.74, 6) is 6.19. The average Bonchev–Trinajstić information content (AvgIpc) is 2.44. The van der Waals surface area contributed by atoms with Gasteiger partial charge in [-0.25, -0.2) is 0 Å². The highest BCUT2D eigenvalue weighted by atomic mass is 16.1. The molecule has 0 aliphatic carbocycles. The molecule has 0 radical (unpaired) electrons. The normalized spacial score (nSPS) is 9.70. The number of benzene rings is 1. The van der Waals surface area contributed by atoms with E-state index in [1.54, 1.807) is 0 Å². The van der Waals surface area contributed by atoms with Gasteiger partial charge in [0.2, 0.25) is 5.91 Å². The van der Waals surface area contributed by atoms with Gasteiger partial charge in [-0.15, -0.1) is 0 Å². The first kappa shape index (κ1) is 16.3. The summed E-state index contributed by atoms with van der Waals surface area (Å²) in [7, 11) is 0. The van der Waals surface area contributed by atoms with E-state index in [0.29, 0.717) is 13.0 Å². The van der Waals surface area contributed by atoms with Crippen molar-refractivity contribution in [1.29, 1.82) is 0 Å². The van der Waals surface area contributed by atoms with Crippen LogP contribution in [0.2, 0.25) is 0 Å². The van der Waals surface area contributed by atoms with Gasteiger partial charge >= 0.3 is 0 Å². The highest BCUT2D eigenvalue weighted by Crippen LogP contribution is 2.09. The summed E-state index contributed by atoms with van der Waals surface area (Å²) >= 11 is 0. The number of hydrogen-bond acceptors (Lipinski definition) is 1. The lowest BCUT2D eigenvalue weighted by Crippen LogP contribution is -2.20. The Kier molecular flexibility index (Phi) is 8.22. The van der Waals surface area contributed by atoms with Gasteiger partial charge in [-0.1, -0.05) is 50.2 Å². The average molecular weight is 271 g/mol. The second-order valence-electron chi connectivity index (χ2n) is 5.04. The zero-order valence-corrected chi connectivity index (χ0v) is 12.7. The van der Waals surface area contributed by atoms with Crippen LogP contribution in [0.5, 0.6) is 0 Å². The lowest BCUT2D eigenvalue weighted by molar-refractivity contribution is -0.118. The maximum atomic E-state index is 10.7. The number of carbonyl (C=O) groups is 1. The molecule has 1 amide bonds. The fourth-order valence-electron chi connectivity index (χ4n) is 1.98. The van der Waals surface area contributed by atoms with E-state index >= 15 is 0 Å². The van der Waals surface area contributed by atoms with Crippen LogP contribution in [0.15, 0.2) is 24.3 Å². The van der Waals surface area contributed by atoms with Gasteiger partial charge in [0.25, 0.3) is 0 Å². The smallest absolute Gasteiger partial charge is 0.216 e. The Balaban J connectivity index is 2.31. The van der Waals surface area contributed by atoms with Crippen LogP contribution in [-0.4, -0.2) is 12.5 Å². The largest absolute Gasteiger partial charge is 0.355 e. The zero-order chi connectivity index (χ0) is 14.6. The van der Waals surface area contributed by atoms with Crippen LogP contribution in [0.4, 0.5) is 0 Å². The Morgan fingerprint density at radius 3 is 2.55 bits per heavy atom. The number of aryl methyl sites for hydroxylation is 1. The number of rotatable bonds is 7. The van der Waals surface area contributed by atoms with Crippen molar-refractivity contribution < 1.29 is 4.79 Å². The molecule has 0 aromatic heterocycles. The van der Waals surface area contributed by atoms with Gasteiger partial charge in [0.1, 0.15) is 0 Å². The maximum absolute atomic E-state index is 10.7. The zero-order valence-electron chi connectivity index (χ0n) is 12.7. The molecule has 0 aliphatic heterocycles. The monoisotopic (exact) mass is 271 g/mol. The molecule has 20 heavy (non-hydrogen) atoms.